The maximum absolute atomic E-state index is 2.75. The van der Waals surface area contributed by atoms with E-state index in [0.717, 1.165) is 5.69 Å². The molecule has 342 valence electrons. The molecule has 0 amide bonds. The summed E-state index contributed by atoms with van der Waals surface area (Å²) in [5, 5.41) is 2.63. The molecular weight excluding hydrogens is 854 g/mol. The van der Waals surface area contributed by atoms with Crippen molar-refractivity contribution in [3.8, 4) is 22.3 Å². The van der Waals surface area contributed by atoms with Gasteiger partial charge in [0.05, 0.1) is 11.4 Å². The first-order valence-corrected chi connectivity index (χ1v) is 25.7. The molecule has 8 aromatic carbocycles. The Bertz CT molecular complexity index is 3540. The van der Waals surface area contributed by atoms with E-state index in [0.29, 0.717) is 0 Å². The van der Waals surface area contributed by atoms with Crippen molar-refractivity contribution in [2.24, 2.45) is 0 Å². The quantitative estimate of drug-likeness (QED) is 0.164. The van der Waals surface area contributed by atoms with Gasteiger partial charge in [-0.15, -0.1) is 0 Å². The molecule has 5 heteroatoms. The van der Waals surface area contributed by atoms with Crippen LogP contribution in [0, 0.1) is 0 Å². The van der Waals surface area contributed by atoms with Gasteiger partial charge in [0.2, 0.25) is 0 Å². The number of nitrogens with zero attached hydrogens (tertiary/aromatic N) is 3. The molecule has 0 saturated carbocycles. The average molecular weight is 916 g/mol. The van der Waals surface area contributed by atoms with Crippen LogP contribution in [0.5, 0.6) is 0 Å². The van der Waals surface area contributed by atoms with Gasteiger partial charge in [0, 0.05) is 59.9 Å². The molecule has 1 aromatic heterocycles. The predicted octanol–water partition coefficient (Wildman–Crippen LogP) is 17.0. The summed E-state index contributed by atoms with van der Waals surface area (Å²) in [4.78, 5) is 7.58. The van der Waals surface area contributed by atoms with Gasteiger partial charge in [-0.1, -0.05) is 180 Å². The van der Waals surface area contributed by atoms with E-state index in [1.165, 1.54) is 115 Å². The number of fused-ring (bicyclic) bond motifs is 9. The SMILES string of the molecule is CC(C)(C)c1ccc(N2c3ccc(C(C)(C)C)cc3B3c4c(cc(C(C)(C)C)cc42)-c2ccc(-c4cccc(N5c6ccccc6Sc6ccccc65)c4)c4c5cc(C(C)(C)C)ccc5n3c24)cc1. The van der Waals surface area contributed by atoms with Crippen LogP contribution in [0.2, 0.25) is 0 Å². The lowest BCUT2D eigenvalue weighted by molar-refractivity contribution is 0.590. The Kier molecular flexibility index (Phi) is 9.55. The molecule has 4 heterocycles. The Hall–Kier alpha value is -6.43. The third kappa shape index (κ3) is 6.85. The van der Waals surface area contributed by atoms with Crippen molar-refractivity contribution < 1.29 is 0 Å². The normalized spacial score (nSPS) is 14.2. The van der Waals surface area contributed by atoms with E-state index in [-0.39, 0.29) is 28.5 Å². The van der Waals surface area contributed by atoms with Gasteiger partial charge in [-0.25, -0.2) is 0 Å². The molecule has 0 N–H and O–H groups in total. The fourth-order valence-corrected chi connectivity index (χ4v) is 12.4. The minimum absolute atomic E-state index is 0.0344. The molecule has 0 spiro atoms. The molecule has 0 unspecified atom stereocenters. The summed E-state index contributed by atoms with van der Waals surface area (Å²) in [6.07, 6.45) is 0. The van der Waals surface area contributed by atoms with Gasteiger partial charge in [-0.05, 0) is 144 Å². The highest BCUT2D eigenvalue weighted by Gasteiger charge is 2.44. The van der Waals surface area contributed by atoms with Crippen molar-refractivity contribution in [3.05, 3.63) is 180 Å². The number of hydrogen-bond acceptors (Lipinski definition) is 3. The fraction of sp³-hybridized carbons (Fsp3) is 0.250. The summed E-state index contributed by atoms with van der Waals surface area (Å²) >= 11 is 1.86. The van der Waals surface area contributed by atoms with Crippen molar-refractivity contribution in [3.63, 3.8) is 0 Å². The summed E-state index contributed by atoms with van der Waals surface area (Å²) in [5.74, 6) is 0. The van der Waals surface area contributed by atoms with E-state index in [9.17, 15) is 0 Å². The third-order valence-corrected chi connectivity index (χ3v) is 16.3. The number of rotatable bonds is 3. The van der Waals surface area contributed by atoms with Gasteiger partial charge in [-0.2, -0.15) is 0 Å². The molecule has 3 aliphatic rings. The number of hydrogen-bond donors (Lipinski definition) is 0. The second-order valence-corrected chi connectivity index (χ2v) is 25.0. The Morgan fingerprint density at radius 1 is 0.406 bits per heavy atom. The Labute approximate surface area is 414 Å². The van der Waals surface area contributed by atoms with E-state index in [4.69, 9.17) is 0 Å². The monoisotopic (exact) mass is 915 g/mol. The molecule has 0 atom stereocenters. The van der Waals surface area contributed by atoms with Crippen molar-refractivity contribution in [1.29, 1.82) is 0 Å². The first-order chi connectivity index (χ1) is 32.8. The molecule has 0 radical (unpaired) electrons. The second-order valence-electron chi connectivity index (χ2n) is 23.9. The highest BCUT2D eigenvalue weighted by molar-refractivity contribution is 7.99. The Balaban J connectivity index is 1.18. The number of anilines is 6. The molecule has 69 heavy (non-hydrogen) atoms. The van der Waals surface area contributed by atoms with Crippen LogP contribution < -0.4 is 20.7 Å². The van der Waals surface area contributed by atoms with Crippen molar-refractivity contribution in [1.82, 2.24) is 4.48 Å². The minimum Gasteiger partial charge on any atom is -0.375 e. The molecule has 9 aromatic rings. The van der Waals surface area contributed by atoms with E-state index in [1.54, 1.807) is 0 Å². The van der Waals surface area contributed by atoms with Crippen LogP contribution >= 0.6 is 11.8 Å². The summed E-state index contributed by atoms with van der Waals surface area (Å²) in [6.45, 7) is 28.0. The van der Waals surface area contributed by atoms with Crippen LogP contribution in [0.3, 0.4) is 0 Å². The maximum atomic E-state index is 2.75. The highest BCUT2D eigenvalue weighted by atomic mass is 32.2. The summed E-state index contributed by atoms with van der Waals surface area (Å²) in [5.41, 5.74) is 23.0. The predicted molar refractivity (Wildman–Crippen MR) is 299 cm³/mol. The second kappa shape index (κ2) is 15.0. The van der Waals surface area contributed by atoms with Gasteiger partial charge in [-0.3, -0.25) is 0 Å². The van der Waals surface area contributed by atoms with Gasteiger partial charge in [0.15, 0.2) is 0 Å². The summed E-state index contributed by atoms with van der Waals surface area (Å²) < 4.78 is 2.75. The van der Waals surface area contributed by atoms with E-state index in [1.807, 2.05) is 11.8 Å². The highest BCUT2D eigenvalue weighted by Crippen LogP contribution is 2.53. The number of aromatic nitrogens is 1. The molecule has 12 rings (SSSR count). The Morgan fingerprint density at radius 2 is 0.986 bits per heavy atom. The largest absolute Gasteiger partial charge is 0.375 e. The van der Waals surface area contributed by atoms with Crippen molar-refractivity contribution in [2.75, 3.05) is 9.80 Å². The molecule has 3 aliphatic heterocycles. The van der Waals surface area contributed by atoms with Crippen LogP contribution in [0.1, 0.15) is 105 Å². The smallest absolute Gasteiger partial charge is 0.333 e. The maximum Gasteiger partial charge on any atom is 0.333 e. The van der Waals surface area contributed by atoms with Gasteiger partial charge < -0.3 is 14.3 Å². The standard InChI is InChI=1S/C64H62BN3S/c1-61(2,3)40-24-28-44(29-25-40)66-52-33-27-42(63(7,8)9)37-50(52)65-59-48(36-43(38-55(59)66)64(10,11)12)47-31-30-46(58-49-35-41(62(4,5)6)26-32-51(49)68(65)60(47)58)39-18-17-19-45(34-39)67-53-20-13-15-22-56(53)69-57-23-16-14-21-54(57)67/h13-38H,1-12H3. The van der Waals surface area contributed by atoms with Gasteiger partial charge in [0.25, 0.3) is 0 Å². The van der Waals surface area contributed by atoms with Crippen LogP contribution in [0.4, 0.5) is 34.1 Å². The van der Waals surface area contributed by atoms with Crippen LogP contribution in [0.15, 0.2) is 168 Å². The average Bonchev–Trinajstić information content (AvgIpc) is 3.65. The van der Waals surface area contributed by atoms with E-state index in [2.05, 4.69) is 255 Å². The summed E-state index contributed by atoms with van der Waals surface area (Å²) in [6, 6.07) is 61.0. The minimum atomic E-state index is -0.0887. The summed E-state index contributed by atoms with van der Waals surface area (Å²) in [7, 11) is 0. The first kappa shape index (κ1) is 43.8. The molecule has 3 nitrogen and oxygen atoms in total. The molecule has 0 fully saturated rings. The number of benzene rings is 8. The molecule has 0 saturated heterocycles. The lowest BCUT2D eigenvalue weighted by atomic mass is 9.44. The first-order valence-electron chi connectivity index (χ1n) is 24.9. The van der Waals surface area contributed by atoms with Crippen LogP contribution in [-0.2, 0) is 21.7 Å². The zero-order valence-electron chi connectivity index (χ0n) is 42.3. The van der Waals surface area contributed by atoms with E-state index < -0.39 is 0 Å². The molecule has 0 aliphatic carbocycles. The fourth-order valence-electron chi connectivity index (χ4n) is 11.3. The van der Waals surface area contributed by atoms with Gasteiger partial charge in [0.1, 0.15) is 0 Å². The van der Waals surface area contributed by atoms with Crippen molar-refractivity contribution in [2.45, 2.75) is 115 Å². The zero-order valence-corrected chi connectivity index (χ0v) is 43.2. The van der Waals surface area contributed by atoms with Crippen LogP contribution in [0.25, 0.3) is 44.1 Å². The van der Waals surface area contributed by atoms with Crippen molar-refractivity contribution >= 4 is 85.5 Å². The number of para-hydroxylation sites is 2. The van der Waals surface area contributed by atoms with Gasteiger partial charge >= 0.3 is 6.85 Å². The third-order valence-electron chi connectivity index (χ3n) is 15.2. The molecular formula is C64H62BN3S. The lowest BCUT2D eigenvalue weighted by Crippen LogP contribution is -2.57. The Morgan fingerprint density at radius 3 is 1.64 bits per heavy atom. The zero-order chi connectivity index (χ0) is 48.1. The molecule has 0 bridgehead atoms. The van der Waals surface area contributed by atoms with E-state index >= 15 is 0 Å². The topological polar surface area (TPSA) is 11.4 Å². The van der Waals surface area contributed by atoms with Crippen LogP contribution in [-0.4, -0.2) is 11.3 Å². The lowest BCUT2D eigenvalue weighted by Gasteiger charge is -2.42.